The maximum absolute atomic E-state index is 14.4. The predicted molar refractivity (Wildman–Crippen MR) is 125 cm³/mol. The molecule has 0 saturated heterocycles. The summed E-state index contributed by atoms with van der Waals surface area (Å²) in [6.07, 6.45) is 2.44. The molecule has 4 rings (SSSR count). The number of aryl methyl sites for hydroxylation is 1. The quantitative estimate of drug-likeness (QED) is 0.373. The number of alkyl halides is 1. The molecule has 1 aromatic carbocycles. The molecule has 182 valence electrons. The largest absolute Gasteiger partial charge is 0.369 e. The Morgan fingerprint density at radius 1 is 1.26 bits per heavy atom. The zero-order chi connectivity index (χ0) is 25.2. The number of amides is 1. The summed E-state index contributed by atoms with van der Waals surface area (Å²) in [5.74, 6) is -2.84. The van der Waals surface area contributed by atoms with E-state index in [4.69, 9.17) is 10.3 Å². The summed E-state index contributed by atoms with van der Waals surface area (Å²) in [5.41, 5.74) is 7.16. The van der Waals surface area contributed by atoms with Crippen LogP contribution in [-0.2, 0) is 11.3 Å². The van der Waals surface area contributed by atoms with Crippen molar-refractivity contribution in [2.24, 2.45) is 11.7 Å². The summed E-state index contributed by atoms with van der Waals surface area (Å²) in [4.78, 5) is 20.0. The van der Waals surface area contributed by atoms with E-state index in [0.29, 0.717) is 23.6 Å². The van der Waals surface area contributed by atoms with Gasteiger partial charge in [0.15, 0.2) is 17.5 Å². The average Bonchev–Trinajstić information content (AvgIpc) is 3.45. The molecule has 1 amide bonds. The van der Waals surface area contributed by atoms with Crippen molar-refractivity contribution in [3.05, 3.63) is 65.8 Å². The number of nitrogens with two attached hydrogens (primary N) is 1. The minimum absolute atomic E-state index is 0.136. The third kappa shape index (κ3) is 5.34. The van der Waals surface area contributed by atoms with Crippen LogP contribution in [0.3, 0.4) is 0 Å². The fraction of sp³-hybridized carbons (Fsp3) is 0.292. The molecule has 9 nitrogen and oxygen atoms in total. The van der Waals surface area contributed by atoms with Gasteiger partial charge in [0.25, 0.3) is 0 Å². The molecule has 3 aromatic heterocycles. The lowest BCUT2D eigenvalue weighted by Crippen LogP contribution is -2.42. The summed E-state index contributed by atoms with van der Waals surface area (Å²) in [5, 5.41) is 11.3. The van der Waals surface area contributed by atoms with Gasteiger partial charge in [-0.05, 0) is 38.0 Å². The topological polar surface area (TPSA) is 125 Å². The van der Waals surface area contributed by atoms with Gasteiger partial charge in [-0.25, -0.2) is 18.7 Å². The number of aromatic nitrogens is 5. The zero-order valence-corrected chi connectivity index (χ0v) is 19.5. The Bertz CT molecular complexity index is 1330. The lowest BCUT2D eigenvalue weighted by molar-refractivity contribution is -0.125. The molecule has 0 radical (unpaired) electrons. The number of halogens is 2. The number of carbonyl (C=O) groups is 1. The normalized spacial score (nSPS) is 12.5. The first kappa shape index (κ1) is 24.0. The highest BCUT2D eigenvalue weighted by Gasteiger charge is 2.34. The molecule has 3 heterocycles. The molecule has 4 aromatic rings. The maximum atomic E-state index is 14.4. The van der Waals surface area contributed by atoms with Crippen LogP contribution in [0.2, 0.25) is 0 Å². The second-order valence-electron chi connectivity index (χ2n) is 8.67. The van der Waals surface area contributed by atoms with Crippen LogP contribution in [0.25, 0.3) is 22.9 Å². The van der Waals surface area contributed by atoms with Gasteiger partial charge < -0.3 is 15.6 Å². The molecular formula is C24H25F2N7O2. The summed E-state index contributed by atoms with van der Waals surface area (Å²) in [7, 11) is 0. The fourth-order valence-electron chi connectivity index (χ4n) is 3.64. The molecule has 11 heteroatoms. The second-order valence-corrected chi connectivity index (χ2v) is 8.67. The summed E-state index contributed by atoms with van der Waals surface area (Å²) < 4.78 is 35.5. The van der Waals surface area contributed by atoms with Gasteiger partial charge in [-0.2, -0.15) is 5.10 Å². The van der Waals surface area contributed by atoms with Crippen molar-refractivity contribution in [3.8, 4) is 22.9 Å². The van der Waals surface area contributed by atoms with Crippen LogP contribution in [0, 0.1) is 18.7 Å². The van der Waals surface area contributed by atoms with Crippen LogP contribution >= 0.6 is 0 Å². The molecule has 0 fully saturated rings. The van der Waals surface area contributed by atoms with E-state index in [1.165, 1.54) is 20.1 Å². The molecule has 0 aliphatic carbocycles. The summed E-state index contributed by atoms with van der Waals surface area (Å²) >= 11 is 0. The number of anilines is 1. The van der Waals surface area contributed by atoms with E-state index in [-0.39, 0.29) is 18.2 Å². The third-order valence-corrected chi connectivity index (χ3v) is 5.68. The molecule has 0 bridgehead atoms. The van der Waals surface area contributed by atoms with Crippen LogP contribution in [0.15, 0.2) is 53.4 Å². The summed E-state index contributed by atoms with van der Waals surface area (Å²) in [6.45, 7) is 4.69. The highest BCUT2D eigenvalue weighted by atomic mass is 19.1. The Morgan fingerprint density at radius 2 is 2.03 bits per heavy atom. The van der Waals surface area contributed by atoms with Gasteiger partial charge in [0, 0.05) is 12.6 Å². The fourth-order valence-corrected chi connectivity index (χ4v) is 3.64. The number of carbonyl (C=O) groups excluding carboxylic acids is 1. The van der Waals surface area contributed by atoms with E-state index >= 15 is 0 Å². The minimum atomic E-state index is -1.90. The van der Waals surface area contributed by atoms with Crippen molar-refractivity contribution in [1.82, 2.24) is 24.9 Å². The molecule has 0 aliphatic heterocycles. The summed E-state index contributed by atoms with van der Waals surface area (Å²) in [6, 6.07) is 11.3. The highest BCUT2D eigenvalue weighted by Crippen LogP contribution is 2.27. The van der Waals surface area contributed by atoms with Crippen molar-refractivity contribution in [2.45, 2.75) is 33.0 Å². The van der Waals surface area contributed by atoms with Crippen LogP contribution in [0.4, 0.5) is 14.6 Å². The Balaban J connectivity index is 1.67. The molecule has 1 unspecified atom stereocenters. The maximum Gasteiger partial charge on any atom is 0.225 e. The predicted octanol–water partition coefficient (Wildman–Crippen LogP) is 3.75. The first-order chi connectivity index (χ1) is 16.6. The second kappa shape index (κ2) is 9.61. The van der Waals surface area contributed by atoms with E-state index in [1.54, 1.807) is 16.8 Å². The van der Waals surface area contributed by atoms with Gasteiger partial charge in [-0.1, -0.05) is 29.4 Å². The first-order valence-corrected chi connectivity index (χ1v) is 10.9. The van der Waals surface area contributed by atoms with Crippen molar-refractivity contribution in [1.29, 1.82) is 0 Å². The van der Waals surface area contributed by atoms with Gasteiger partial charge in [0.05, 0.1) is 24.4 Å². The lowest BCUT2D eigenvalue weighted by atomic mass is 9.92. The first-order valence-electron chi connectivity index (χ1n) is 10.9. The Labute approximate surface area is 200 Å². The van der Waals surface area contributed by atoms with E-state index in [9.17, 15) is 13.6 Å². The zero-order valence-electron chi connectivity index (χ0n) is 19.5. The van der Waals surface area contributed by atoms with Crippen LogP contribution in [0.1, 0.15) is 25.0 Å². The van der Waals surface area contributed by atoms with E-state index in [1.807, 2.05) is 31.2 Å². The molecule has 0 saturated carbocycles. The van der Waals surface area contributed by atoms with E-state index < -0.39 is 23.3 Å². The van der Waals surface area contributed by atoms with Crippen molar-refractivity contribution in [3.63, 3.8) is 0 Å². The number of hydrogen-bond acceptors (Lipinski definition) is 7. The number of benzene rings is 1. The van der Waals surface area contributed by atoms with Crippen LogP contribution in [-0.4, -0.2) is 43.0 Å². The number of hydrogen-bond donors (Lipinski definition) is 2. The van der Waals surface area contributed by atoms with Gasteiger partial charge in [-0.3, -0.25) is 9.48 Å². The van der Waals surface area contributed by atoms with Gasteiger partial charge in [-0.15, -0.1) is 0 Å². The molecular weight excluding hydrogens is 456 g/mol. The SMILES string of the molecule is Cc1ccccc1Cn1nc(-c2ncc(F)c(NCC(C(N)=O)C(C)(C)F)n2)cc1-c1ccon1. The van der Waals surface area contributed by atoms with Crippen LogP contribution in [0.5, 0.6) is 0 Å². The van der Waals surface area contributed by atoms with Crippen molar-refractivity contribution < 1.29 is 18.1 Å². The molecule has 0 aliphatic rings. The standard InChI is InChI=1S/C24H25F2N7O2/c1-14-6-4-5-7-15(14)13-33-20(18-8-9-35-32-18)10-19(31-33)23-29-12-17(25)22(30-23)28-11-16(21(27)34)24(2,3)26/h4-10,12,16H,11,13H2,1-3H3,(H2,27,34)(H,28,29,30). The minimum Gasteiger partial charge on any atom is -0.369 e. The number of nitrogens with zero attached hydrogens (tertiary/aromatic N) is 5. The van der Waals surface area contributed by atoms with Gasteiger partial charge >= 0.3 is 0 Å². The molecule has 1 atom stereocenters. The lowest BCUT2D eigenvalue weighted by Gasteiger charge is -2.24. The average molecular weight is 482 g/mol. The van der Waals surface area contributed by atoms with E-state index in [0.717, 1.165) is 17.3 Å². The number of rotatable bonds is 9. The Hall–Kier alpha value is -4.15. The molecule has 0 spiro atoms. The van der Waals surface area contributed by atoms with Crippen molar-refractivity contribution >= 4 is 11.7 Å². The van der Waals surface area contributed by atoms with Gasteiger partial charge in [0.2, 0.25) is 5.91 Å². The smallest absolute Gasteiger partial charge is 0.225 e. The van der Waals surface area contributed by atoms with Gasteiger partial charge in [0.1, 0.15) is 23.3 Å². The number of primary amides is 1. The Kier molecular flexibility index (Phi) is 6.59. The monoisotopic (exact) mass is 481 g/mol. The molecule has 35 heavy (non-hydrogen) atoms. The molecule has 3 N–H and O–H groups in total. The van der Waals surface area contributed by atoms with Crippen LogP contribution < -0.4 is 11.1 Å². The third-order valence-electron chi connectivity index (χ3n) is 5.68. The Morgan fingerprint density at radius 3 is 2.69 bits per heavy atom. The highest BCUT2D eigenvalue weighted by molar-refractivity contribution is 5.78. The number of nitrogens with one attached hydrogen (secondary N) is 1. The van der Waals surface area contributed by atoms with E-state index in [2.05, 4.69) is 25.5 Å². The van der Waals surface area contributed by atoms with Crippen molar-refractivity contribution in [2.75, 3.05) is 11.9 Å².